The molecule has 1 unspecified atom stereocenters. The molecule has 1 aliphatic rings. The van der Waals surface area contributed by atoms with E-state index in [-0.39, 0.29) is 6.10 Å². The molecule has 1 fully saturated rings. The average Bonchev–Trinajstić information content (AvgIpc) is 2.70. The third-order valence-electron chi connectivity index (χ3n) is 6.21. The molecule has 0 saturated heterocycles. The molecule has 0 heterocycles. The lowest BCUT2D eigenvalue weighted by molar-refractivity contribution is -0.124. The van der Waals surface area contributed by atoms with E-state index in [1.165, 1.54) is 24.8 Å². The van der Waals surface area contributed by atoms with Crippen molar-refractivity contribution in [3.63, 3.8) is 0 Å². The molecule has 0 aliphatic heterocycles. The highest BCUT2D eigenvalue weighted by molar-refractivity contribution is 6.73. The summed E-state index contributed by atoms with van der Waals surface area (Å²) in [6.45, 7) is 6.82. The van der Waals surface area contributed by atoms with E-state index in [0.717, 1.165) is 37.4 Å². The van der Waals surface area contributed by atoms with Gasteiger partial charge in [0.25, 0.3) is 0 Å². The molecule has 1 saturated carbocycles. The van der Waals surface area contributed by atoms with Crippen LogP contribution in [-0.2, 0) is 9.22 Å². The summed E-state index contributed by atoms with van der Waals surface area (Å²) in [6, 6.07) is 14.0. The van der Waals surface area contributed by atoms with Crippen LogP contribution in [0.3, 0.4) is 0 Å². The highest BCUT2D eigenvalue weighted by Gasteiger charge is 2.33. The molecule has 140 valence electrons. The van der Waals surface area contributed by atoms with Gasteiger partial charge in [-0.05, 0) is 43.0 Å². The van der Waals surface area contributed by atoms with Crippen molar-refractivity contribution in [2.45, 2.75) is 90.0 Å². The van der Waals surface area contributed by atoms with E-state index in [1.807, 2.05) is 0 Å². The molecule has 1 aromatic rings. The standard InChI is InChI=1S/C22H36O2Si/c1-4-25(5-2,6-3)24-22(20-15-11-8-12-16-20)18-17-21(23)19-13-9-7-10-14-19/h8,11-12,15-16,19,22H,4-7,9-10,13-14,17-18H2,1-3H3. The molecule has 0 amide bonds. The fraction of sp³-hybridized carbons (Fsp3) is 0.682. The minimum Gasteiger partial charge on any atom is -0.410 e. The second kappa shape index (κ2) is 10.3. The Kier molecular flexibility index (Phi) is 8.37. The van der Waals surface area contributed by atoms with Gasteiger partial charge in [-0.15, -0.1) is 0 Å². The van der Waals surface area contributed by atoms with Crippen LogP contribution in [0.1, 0.15) is 77.4 Å². The van der Waals surface area contributed by atoms with Crippen LogP contribution in [0.15, 0.2) is 30.3 Å². The first-order valence-corrected chi connectivity index (χ1v) is 12.9. The zero-order valence-corrected chi connectivity index (χ0v) is 17.4. The second-order valence-electron chi connectivity index (χ2n) is 7.60. The normalized spacial score (nSPS) is 17.4. The third-order valence-corrected chi connectivity index (χ3v) is 10.9. The van der Waals surface area contributed by atoms with Gasteiger partial charge in [0.1, 0.15) is 5.78 Å². The number of carbonyl (C=O) groups is 1. The zero-order chi connectivity index (χ0) is 18.1. The van der Waals surface area contributed by atoms with E-state index in [9.17, 15) is 4.79 Å². The lowest BCUT2D eigenvalue weighted by Gasteiger charge is -2.34. The number of ketones is 1. The van der Waals surface area contributed by atoms with E-state index in [4.69, 9.17) is 4.43 Å². The highest BCUT2D eigenvalue weighted by atomic mass is 28.4. The summed E-state index contributed by atoms with van der Waals surface area (Å²) in [6.07, 6.45) is 7.57. The molecular weight excluding hydrogens is 324 g/mol. The van der Waals surface area contributed by atoms with Gasteiger partial charge in [-0.3, -0.25) is 4.79 Å². The summed E-state index contributed by atoms with van der Waals surface area (Å²) in [5, 5.41) is 0. The van der Waals surface area contributed by atoms with Crippen LogP contribution in [0, 0.1) is 5.92 Å². The van der Waals surface area contributed by atoms with Gasteiger partial charge in [0.15, 0.2) is 8.32 Å². The van der Waals surface area contributed by atoms with Crippen LogP contribution in [0.25, 0.3) is 0 Å². The van der Waals surface area contributed by atoms with Crippen molar-refractivity contribution >= 4 is 14.1 Å². The minimum atomic E-state index is -1.69. The summed E-state index contributed by atoms with van der Waals surface area (Å²) in [7, 11) is -1.69. The summed E-state index contributed by atoms with van der Waals surface area (Å²) in [5.74, 6) is 0.789. The Bertz CT molecular complexity index is 496. The van der Waals surface area contributed by atoms with Crippen molar-refractivity contribution in [3.05, 3.63) is 35.9 Å². The largest absolute Gasteiger partial charge is 0.410 e. The number of carbonyl (C=O) groups excluding carboxylic acids is 1. The molecule has 0 aromatic heterocycles. The van der Waals surface area contributed by atoms with E-state index in [0.29, 0.717) is 18.1 Å². The molecule has 0 radical (unpaired) electrons. The molecule has 2 nitrogen and oxygen atoms in total. The van der Waals surface area contributed by atoms with E-state index >= 15 is 0 Å². The smallest absolute Gasteiger partial charge is 0.192 e. The van der Waals surface area contributed by atoms with Crippen LogP contribution < -0.4 is 0 Å². The first kappa shape index (κ1) is 20.4. The van der Waals surface area contributed by atoms with Gasteiger partial charge >= 0.3 is 0 Å². The maximum Gasteiger partial charge on any atom is 0.192 e. The molecule has 1 aromatic carbocycles. The monoisotopic (exact) mass is 360 g/mol. The quantitative estimate of drug-likeness (QED) is 0.435. The van der Waals surface area contributed by atoms with Crippen molar-refractivity contribution in [2.75, 3.05) is 0 Å². The summed E-state index contributed by atoms with van der Waals surface area (Å²) in [4.78, 5) is 12.7. The lowest BCUT2D eigenvalue weighted by Crippen LogP contribution is -2.37. The topological polar surface area (TPSA) is 26.3 Å². The van der Waals surface area contributed by atoms with Gasteiger partial charge in [0.05, 0.1) is 6.10 Å². The van der Waals surface area contributed by atoms with Crippen LogP contribution in [0.5, 0.6) is 0 Å². The van der Waals surface area contributed by atoms with Gasteiger partial charge < -0.3 is 4.43 Å². The van der Waals surface area contributed by atoms with Crippen molar-refractivity contribution in [2.24, 2.45) is 5.92 Å². The zero-order valence-electron chi connectivity index (χ0n) is 16.4. The van der Waals surface area contributed by atoms with E-state index in [2.05, 4.69) is 51.1 Å². The van der Waals surface area contributed by atoms with Crippen LogP contribution >= 0.6 is 0 Å². The Labute approximate surface area is 155 Å². The fourth-order valence-electron chi connectivity index (χ4n) is 4.17. The third kappa shape index (κ3) is 5.79. The molecular formula is C22H36O2Si. The van der Waals surface area contributed by atoms with Gasteiger partial charge in [0.2, 0.25) is 0 Å². The maximum atomic E-state index is 12.7. The molecule has 0 bridgehead atoms. The molecule has 1 aliphatic carbocycles. The van der Waals surface area contributed by atoms with Crippen molar-refractivity contribution in [1.29, 1.82) is 0 Å². The van der Waals surface area contributed by atoms with Crippen molar-refractivity contribution in [1.82, 2.24) is 0 Å². The van der Waals surface area contributed by atoms with Crippen molar-refractivity contribution < 1.29 is 9.22 Å². The lowest BCUT2D eigenvalue weighted by atomic mass is 9.84. The molecule has 25 heavy (non-hydrogen) atoms. The second-order valence-corrected chi connectivity index (χ2v) is 12.3. The first-order chi connectivity index (χ1) is 12.1. The Balaban J connectivity index is 2.05. The van der Waals surface area contributed by atoms with Crippen LogP contribution in [0.4, 0.5) is 0 Å². The molecule has 0 N–H and O–H groups in total. The number of benzene rings is 1. The maximum absolute atomic E-state index is 12.7. The van der Waals surface area contributed by atoms with Crippen LogP contribution in [0.2, 0.25) is 18.1 Å². The van der Waals surface area contributed by atoms with E-state index in [1.54, 1.807) is 0 Å². The summed E-state index contributed by atoms with van der Waals surface area (Å²) in [5.41, 5.74) is 1.24. The Morgan fingerprint density at radius 1 is 1.04 bits per heavy atom. The van der Waals surface area contributed by atoms with Crippen LogP contribution in [-0.4, -0.2) is 14.1 Å². The molecule has 2 rings (SSSR count). The van der Waals surface area contributed by atoms with Gasteiger partial charge in [-0.1, -0.05) is 70.4 Å². The highest BCUT2D eigenvalue weighted by Crippen LogP contribution is 2.34. The number of hydrogen-bond acceptors (Lipinski definition) is 2. The molecule has 3 heteroatoms. The minimum absolute atomic E-state index is 0.0836. The predicted molar refractivity (Wildman–Crippen MR) is 108 cm³/mol. The SMILES string of the molecule is CC[Si](CC)(CC)OC(CCC(=O)C1CCCCC1)c1ccccc1. The Morgan fingerprint density at radius 2 is 1.64 bits per heavy atom. The number of hydrogen-bond donors (Lipinski definition) is 0. The van der Waals surface area contributed by atoms with Gasteiger partial charge in [0, 0.05) is 12.3 Å². The first-order valence-electron chi connectivity index (χ1n) is 10.4. The van der Waals surface area contributed by atoms with Gasteiger partial charge in [-0.25, -0.2) is 0 Å². The molecule has 0 spiro atoms. The Hall–Kier alpha value is -0.933. The number of rotatable bonds is 10. The fourth-order valence-corrected chi connectivity index (χ4v) is 7.02. The van der Waals surface area contributed by atoms with E-state index < -0.39 is 8.32 Å². The summed E-state index contributed by atoms with van der Waals surface area (Å²) >= 11 is 0. The number of Topliss-reactive ketones (excluding diaryl/α,β-unsaturated/α-hetero) is 1. The predicted octanol–water partition coefficient (Wildman–Crippen LogP) is 6.68. The molecule has 1 atom stereocenters. The summed E-state index contributed by atoms with van der Waals surface area (Å²) < 4.78 is 6.80. The Morgan fingerprint density at radius 3 is 2.20 bits per heavy atom. The average molecular weight is 361 g/mol. The van der Waals surface area contributed by atoms with Crippen molar-refractivity contribution in [3.8, 4) is 0 Å². The van der Waals surface area contributed by atoms with Gasteiger partial charge in [-0.2, -0.15) is 0 Å².